The molecule has 0 aliphatic carbocycles. The molecule has 0 radical (unpaired) electrons. The number of nitrogens with zero attached hydrogens (tertiary/aromatic N) is 2. The minimum absolute atomic E-state index is 0.0121. The summed E-state index contributed by atoms with van der Waals surface area (Å²) in [6.45, 7) is 2.23. The van der Waals surface area contributed by atoms with Crippen molar-refractivity contribution in [3.8, 4) is 0 Å². The van der Waals surface area contributed by atoms with Crippen molar-refractivity contribution in [3.63, 3.8) is 0 Å². The Balaban J connectivity index is 2.06. The van der Waals surface area contributed by atoms with Crippen LogP contribution in [0.15, 0.2) is 29.0 Å². The summed E-state index contributed by atoms with van der Waals surface area (Å²) in [6.07, 6.45) is 4.93. The van der Waals surface area contributed by atoms with Crippen LogP contribution in [0.5, 0.6) is 0 Å². The second-order valence-electron chi connectivity index (χ2n) is 4.08. The Labute approximate surface area is 119 Å². The van der Waals surface area contributed by atoms with E-state index in [-0.39, 0.29) is 15.6 Å². The fourth-order valence-corrected chi connectivity index (χ4v) is 4.04. The number of sulfonamides is 1. The van der Waals surface area contributed by atoms with Gasteiger partial charge in [0.05, 0.1) is 6.33 Å². The first-order valence-corrected chi connectivity index (χ1v) is 7.99. The van der Waals surface area contributed by atoms with E-state index in [4.69, 9.17) is 5.11 Å². The fourth-order valence-electron chi connectivity index (χ4n) is 1.60. The second-order valence-corrected chi connectivity index (χ2v) is 7.13. The molecule has 0 aliphatic heterocycles. The molecule has 2 aromatic rings. The van der Waals surface area contributed by atoms with Crippen LogP contribution >= 0.6 is 11.3 Å². The Hall–Kier alpha value is -1.71. The van der Waals surface area contributed by atoms with E-state index in [0.29, 0.717) is 12.1 Å². The van der Waals surface area contributed by atoms with Crippen molar-refractivity contribution in [2.75, 3.05) is 6.54 Å². The van der Waals surface area contributed by atoms with Crippen molar-refractivity contribution in [1.29, 1.82) is 0 Å². The van der Waals surface area contributed by atoms with Gasteiger partial charge in [-0.15, -0.1) is 11.3 Å². The number of aryl methyl sites for hydroxylation is 1. The molecule has 2 N–H and O–H groups in total. The lowest BCUT2D eigenvalue weighted by Gasteiger charge is -2.05. The first kappa shape index (κ1) is 14.7. The van der Waals surface area contributed by atoms with E-state index >= 15 is 0 Å². The van der Waals surface area contributed by atoms with Gasteiger partial charge >= 0.3 is 5.97 Å². The van der Waals surface area contributed by atoms with Gasteiger partial charge in [0.15, 0.2) is 0 Å². The van der Waals surface area contributed by atoms with Crippen molar-refractivity contribution in [3.05, 3.63) is 35.2 Å². The third-order valence-electron chi connectivity index (χ3n) is 2.58. The minimum Gasteiger partial charge on any atom is -0.477 e. The Morgan fingerprint density at radius 1 is 1.55 bits per heavy atom. The van der Waals surface area contributed by atoms with Gasteiger partial charge in [0.2, 0.25) is 10.0 Å². The number of thiophene rings is 1. The van der Waals surface area contributed by atoms with Gasteiger partial charge in [-0.2, -0.15) is 0 Å². The van der Waals surface area contributed by atoms with Gasteiger partial charge in [-0.1, -0.05) is 0 Å². The number of imidazole rings is 1. The van der Waals surface area contributed by atoms with Crippen LogP contribution in [0.1, 0.15) is 15.2 Å². The summed E-state index contributed by atoms with van der Waals surface area (Å²) in [5.41, 5.74) is 0.442. The summed E-state index contributed by atoms with van der Waals surface area (Å²) >= 11 is 0.753. The van der Waals surface area contributed by atoms with Crippen LogP contribution in [0.25, 0.3) is 0 Å². The number of rotatable bonds is 6. The summed E-state index contributed by atoms with van der Waals surface area (Å²) in [4.78, 5) is 14.8. The van der Waals surface area contributed by atoms with Crippen LogP contribution in [0.2, 0.25) is 0 Å². The van der Waals surface area contributed by atoms with Crippen LogP contribution in [-0.2, 0) is 16.6 Å². The van der Waals surface area contributed by atoms with Crippen LogP contribution in [0.3, 0.4) is 0 Å². The summed E-state index contributed by atoms with van der Waals surface area (Å²) in [7, 11) is -3.68. The number of nitrogens with one attached hydrogen (secondary N) is 1. The summed E-state index contributed by atoms with van der Waals surface area (Å²) in [5, 5.41) is 8.93. The van der Waals surface area contributed by atoms with Gasteiger partial charge in [0.25, 0.3) is 0 Å². The Morgan fingerprint density at radius 2 is 2.30 bits per heavy atom. The lowest BCUT2D eigenvalue weighted by atomic mass is 10.3. The van der Waals surface area contributed by atoms with Crippen LogP contribution in [-0.4, -0.2) is 35.6 Å². The first-order chi connectivity index (χ1) is 9.40. The molecular formula is C11H13N3O4S2. The average molecular weight is 315 g/mol. The number of hydrogen-bond acceptors (Lipinski definition) is 5. The van der Waals surface area contributed by atoms with E-state index < -0.39 is 16.0 Å². The molecule has 0 unspecified atom stereocenters. The molecule has 2 rings (SSSR count). The highest BCUT2D eigenvalue weighted by Gasteiger charge is 2.21. The summed E-state index contributed by atoms with van der Waals surface area (Å²) in [5.74, 6) is -1.12. The smallest absolute Gasteiger partial charge is 0.346 e. The molecule has 0 aliphatic rings. The van der Waals surface area contributed by atoms with E-state index in [1.54, 1.807) is 30.2 Å². The van der Waals surface area contributed by atoms with Crippen molar-refractivity contribution >= 4 is 27.3 Å². The molecule has 9 heteroatoms. The normalized spacial score (nSPS) is 11.7. The number of carboxylic acids is 1. The second kappa shape index (κ2) is 5.73. The Morgan fingerprint density at radius 3 is 2.85 bits per heavy atom. The zero-order valence-corrected chi connectivity index (χ0v) is 12.2. The number of carbonyl (C=O) groups is 1. The van der Waals surface area contributed by atoms with Gasteiger partial charge in [0.1, 0.15) is 9.09 Å². The Kier molecular flexibility index (Phi) is 4.21. The quantitative estimate of drug-likeness (QED) is 0.826. The number of aromatic carboxylic acids is 1. The van der Waals surface area contributed by atoms with Gasteiger partial charge < -0.3 is 9.67 Å². The first-order valence-electron chi connectivity index (χ1n) is 5.69. The number of hydrogen-bond donors (Lipinski definition) is 2. The lowest BCUT2D eigenvalue weighted by Crippen LogP contribution is -2.26. The van der Waals surface area contributed by atoms with Crippen molar-refractivity contribution < 1.29 is 18.3 Å². The maximum atomic E-state index is 12.0. The van der Waals surface area contributed by atoms with Crippen molar-refractivity contribution in [2.45, 2.75) is 17.7 Å². The van der Waals surface area contributed by atoms with Gasteiger partial charge in [-0.25, -0.2) is 22.9 Å². The van der Waals surface area contributed by atoms with Crippen LogP contribution in [0.4, 0.5) is 0 Å². The third-order valence-corrected chi connectivity index (χ3v) is 5.74. The molecule has 0 bridgehead atoms. The van der Waals surface area contributed by atoms with E-state index in [1.165, 1.54) is 6.07 Å². The fraction of sp³-hybridized carbons (Fsp3) is 0.273. The molecular weight excluding hydrogens is 302 g/mol. The van der Waals surface area contributed by atoms with Crippen LogP contribution in [0, 0.1) is 6.92 Å². The molecule has 2 heterocycles. The van der Waals surface area contributed by atoms with Gasteiger partial charge in [0, 0.05) is 25.5 Å². The molecule has 0 spiro atoms. The highest BCUT2D eigenvalue weighted by molar-refractivity contribution is 7.91. The highest BCUT2D eigenvalue weighted by Crippen LogP contribution is 2.25. The number of aromatic nitrogens is 2. The largest absolute Gasteiger partial charge is 0.477 e. The third kappa shape index (κ3) is 3.24. The summed E-state index contributed by atoms with van der Waals surface area (Å²) < 4.78 is 28.2. The van der Waals surface area contributed by atoms with Crippen LogP contribution < -0.4 is 4.72 Å². The molecule has 0 saturated carbocycles. The molecule has 0 fully saturated rings. The van der Waals surface area contributed by atoms with Crippen molar-refractivity contribution in [2.24, 2.45) is 0 Å². The predicted molar refractivity (Wildman–Crippen MR) is 73.4 cm³/mol. The number of carboxylic acid groups (broad SMARTS) is 1. The highest BCUT2D eigenvalue weighted by atomic mass is 32.2. The van der Waals surface area contributed by atoms with Crippen molar-refractivity contribution in [1.82, 2.24) is 14.3 Å². The SMILES string of the molecule is Cc1cc(S(=O)(=O)NCCn2ccnc2)sc1C(=O)O. The van der Waals surface area contributed by atoms with Gasteiger partial charge in [-0.05, 0) is 18.6 Å². The molecule has 20 heavy (non-hydrogen) atoms. The molecule has 0 saturated heterocycles. The lowest BCUT2D eigenvalue weighted by molar-refractivity contribution is 0.0701. The van der Waals surface area contributed by atoms with E-state index in [1.807, 2.05) is 0 Å². The van der Waals surface area contributed by atoms with E-state index in [0.717, 1.165) is 11.3 Å². The molecule has 0 atom stereocenters. The molecule has 7 nitrogen and oxygen atoms in total. The molecule has 0 amide bonds. The van der Waals surface area contributed by atoms with Gasteiger partial charge in [-0.3, -0.25) is 0 Å². The Bertz CT molecular complexity index is 704. The van der Waals surface area contributed by atoms with E-state index in [9.17, 15) is 13.2 Å². The molecule has 2 aromatic heterocycles. The minimum atomic E-state index is -3.68. The topological polar surface area (TPSA) is 101 Å². The average Bonchev–Trinajstić information content (AvgIpc) is 2.98. The predicted octanol–water partition coefficient (Wildman–Crippen LogP) is 0.930. The zero-order valence-electron chi connectivity index (χ0n) is 10.6. The zero-order chi connectivity index (χ0) is 14.8. The monoisotopic (exact) mass is 315 g/mol. The van der Waals surface area contributed by atoms with E-state index in [2.05, 4.69) is 9.71 Å². The molecule has 108 valence electrons. The standard InChI is InChI=1S/C11H13N3O4S2/c1-8-6-9(19-10(8)11(15)16)20(17,18)13-3-5-14-4-2-12-7-14/h2,4,6-7,13H,3,5H2,1H3,(H,15,16). The summed E-state index contributed by atoms with van der Waals surface area (Å²) in [6, 6.07) is 1.37. The molecule has 0 aromatic carbocycles. The maximum Gasteiger partial charge on any atom is 0.346 e. The maximum absolute atomic E-state index is 12.0.